The largest absolute Gasteiger partial charge is 0.453 e. The molecule has 0 bridgehead atoms. The normalized spacial score (nSPS) is 11.9. The third-order valence-electron chi connectivity index (χ3n) is 3.49. The van der Waals surface area contributed by atoms with Crippen molar-refractivity contribution in [2.24, 2.45) is 0 Å². The summed E-state index contributed by atoms with van der Waals surface area (Å²) in [5.74, 6) is -1.55. The van der Waals surface area contributed by atoms with E-state index in [1.54, 1.807) is 13.8 Å². The van der Waals surface area contributed by atoms with Crippen molar-refractivity contribution in [3.8, 4) is 0 Å². The van der Waals surface area contributed by atoms with Crippen LogP contribution in [-0.4, -0.2) is 32.0 Å². The van der Waals surface area contributed by atoms with Crippen LogP contribution in [0.2, 0.25) is 0 Å². The van der Waals surface area contributed by atoms with Crippen LogP contribution < -0.4 is 5.32 Å². The summed E-state index contributed by atoms with van der Waals surface area (Å²) in [6.45, 7) is 5.83. The lowest BCUT2D eigenvalue weighted by Crippen LogP contribution is -2.27. The molecule has 23 heavy (non-hydrogen) atoms. The van der Waals surface area contributed by atoms with Gasteiger partial charge in [-0.2, -0.15) is 18.2 Å². The molecule has 126 valence electrons. The average molecular weight is 329 g/mol. The molecule has 2 aromatic rings. The zero-order valence-corrected chi connectivity index (χ0v) is 13.2. The highest BCUT2D eigenvalue weighted by atomic mass is 19.4. The lowest BCUT2D eigenvalue weighted by Gasteiger charge is -2.10. The number of nitrogens with one attached hydrogen (secondary N) is 1. The molecule has 0 saturated heterocycles. The monoisotopic (exact) mass is 329 g/mol. The Kier molecular flexibility index (Phi) is 4.86. The van der Waals surface area contributed by atoms with E-state index in [4.69, 9.17) is 0 Å². The second kappa shape index (κ2) is 6.51. The van der Waals surface area contributed by atoms with Gasteiger partial charge >= 0.3 is 6.18 Å². The summed E-state index contributed by atoms with van der Waals surface area (Å²) in [6.07, 6.45) is -2.75. The van der Waals surface area contributed by atoms with Gasteiger partial charge in [0.05, 0.1) is 6.42 Å². The molecule has 9 heteroatoms. The third-order valence-corrected chi connectivity index (χ3v) is 3.49. The molecule has 2 rings (SSSR count). The maximum atomic E-state index is 12.7. The Bertz CT molecular complexity index is 723. The van der Waals surface area contributed by atoms with Crippen molar-refractivity contribution < 1.29 is 18.0 Å². The highest BCUT2D eigenvalue weighted by molar-refractivity contribution is 5.79. The van der Waals surface area contributed by atoms with Crippen LogP contribution in [0, 0.1) is 13.8 Å². The standard InChI is InChI=1S/C14H18F3N5O/c1-4-5-6-18-11(23)7-10-8(2)19-13-20-12(14(15,16)17)21-22(13)9(10)3/h4-7H2,1-3H3,(H,18,23). The first kappa shape index (κ1) is 17.2. The van der Waals surface area contributed by atoms with E-state index in [2.05, 4.69) is 20.4 Å². The Morgan fingerprint density at radius 2 is 1.96 bits per heavy atom. The van der Waals surface area contributed by atoms with Gasteiger partial charge in [-0.3, -0.25) is 4.79 Å². The lowest BCUT2D eigenvalue weighted by molar-refractivity contribution is -0.144. The second-order valence-corrected chi connectivity index (χ2v) is 5.29. The highest BCUT2D eigenvalue weighted by Crippen LogP contribution is 2.27. The summed E-state index contributed by atoms with van der Waals surface area (Å²) in [6, 6.07) is 0. The van der Waals surface area contributed by atoms with Gasteiger partial charge in [-0.1, -0.05) is 13.3 Å². The molecule has 0 fully saturated rings. The van der Waals surface area contributed by atoms with Crippen LogP contribution in [0.5, 0.6) is 0 Å². The number of aryl methyl sites for hydroxylation is 2. The second-order valence-electron chi connectivity index (χ2n) is 5.29. The summed E-state index contributed by atoms with van der Waals surface area (Å²) < 4.78 is 39.2. The fourth-order valence-corrected chi connectivity index (χ4v) is 2.21. The molecule has 0 radical (unpaired) electrons. The van der Waals surface area contributed by atoms with E-state index >= 15 is 0 Å². The van der Waals surface area contributed by atoms with Crippen molar-refractivity contribution in [2.45, 2.75) is 46.2 Å². The van der Waals surface area contributed by atoms with Crippen LogP contribution in [-0.2, 0) is 17.4 Å². The summed E-state index contributed by atoms with van der Waals surface area (Å²) in [5, 5.41) is 6.23. The van der Waals surface area contributed by atoms with E-state index in [-0.39, 0.29) is 18.1 Å². The molecule has 0 atom stereocenters. The quantitative estimate of drug-likeness (QED) is 0.854. The zero-order chi connectivity index (χ0) is 17.2. The maximum absolute atomic E-state index is 12.7. The third kappa shape index (κ3) is 3.77. The van der Waals surface area contributed by atoms with Crippen LogP contribution in [0.4, 0.5) is 13.2 Å². The Hall–Kier alpha value is -2.19. The number of halogens is 3. The number of rotatable bonds is 5. The minimum atomic E-state index is -4.63. The van der Waals surface area contributed by atoms with E-state index in [9.17, 15) is 18.0 Å². The van der Waals surface area contributed by atoms with Gasteiger partial charge in [0, 0.05) is 23.5 Å². The molecule has 2 heterocycles. The summed E-state index contributed by atoms with van der Waals surface area (Å²) >= 11 is 0. The number of amides is 1. The van der Waals surface area contributed by atoms with Crippen LogP contribution in [0.15, 0.2) is 0 Å². The van der Waals surface area contributed by atoms with E-state index in [1.807, 2.05) is 6.92 Å². The van der Waals surface area contributed by atoms with Gasteiger partial charge in [0.1, 0.15) is 0 Å². The molecule has 1 N–H and O–H groups in total. The highest BCUT2D eigenvalue weighted by Gasteiger charge is 2.37. The average Bonchev–Trinajstić information content (AvgIpc) is 2.88. The number of alkyl halides is 3. The van der Waals surface area contributed by atoms with Crippen molar-refractivity contribution in [2.75, 3.05) is 6.54 Å². The summed E-state index contributed by atoms with van der Waals surface area (Å²) in [7, 11) is 0. The van der Waals surface area contributed by atoms with E-state index in [0.717, 1.165) is 17.4 Å². The first-order valence-corrected chi connectivity index (χ1v) is 7.30. The number of fused-ring (bicyclic) bond motifs is 1. The number of aromatic nitrogens is 4. The molecular formula is C14H18F3N5O. The van der Waals surface area contributed by atoms with Crippen LogP contribution in [0.25, 0.3) is 5.78 Å². The fraction of sp³-hybridized carbons (Fsp3) is 0.571. The topological polar surface area (TPSA) is 72.2 Å². The molecular weight excluding hydrogens is 311 g/mol. The van der Waals surface area contributed by atoms with E-state index in [0.29, 0.717) is 23.5 Å². The molecule has 0 aliphatic heterocycles. The zero-order valence-electron chi connectivity index (χ0n) is 13.2. The first-order valence-electron chi connectivity index (χ1n) is 7.30. The van der Waals surface area contributed by atoms with Crippen molar-refractivity contribution in [3.05, 3.63) is 22.8 Å². The Morgan fingerprint density at radius 3 is 2.57 bits per heavy atom. The molecule has 6 nitrogen and oxygen atoms in total. The molecule has 0 aliphatic rings. The number of carbonyl (C=O) groups is 1. The summed E-state index contributed by atoms with van der Waals surface area (Å²) in [5.41, 5.74) is 1.47. The van der Waals surface area contributed by atoms with Crippen LogP contribution in [0.3, 0.4) is 0 Å². The summed E-state index contributed by atoms with van der Waals surface area (Å²) in [4.78, 5) is 19.4. The predicted molar refractivity (Wildman–Crippen MR) is 76.9 cm³/mol. The Morgan fingerprint density at radius 1 is 1.26 bits per heavy atom. The molecule has 2 aromatic heterocycles. The van der Waals surface area contributed by atoms with Gasteiger partial charge in [-0.25, -0.2) is 9.50 Å². The van der Waals surface area contributed by atoms with Crippen molar-refractivity contribution in [1.82, 2.24) is 24.9 Å². The maximum Gasteiger partial charge on any atom is 0.453 e. The predicted octanol–water partition coefficient (Wildman–Crippen LogP) is 2.22. The molecule has 0 aromatic carbocycles. The smallest absolute Gasteiger partial charge is 0.356 e. The van der Waals surface area contributed by atoms with Crippen LogP contribution >= 0.6 is 0 Å². The Balaban J connectivity index is 2.32. The van der Waals surface area contributed by atoms with E-state index < -0.39 is 12.0 Å². The van der Waals surface area contributed by atoms with Crippen molar-refractivity contribution in [3.63, 3.8) is 0 Å². The van der Waals surface area contributed by atoms with Gasteiger partial charge in [-0.15, -0.1) is 5.10 Å². The van der Waals surface area contributed by atoms with Crippen LogP contribution in [0.1, 0.15) is 42.5 Å². The fourth-order valence-electron chi connectivity index (χ4n) is 2.21. The van der Waals surface area contributed by atoms with Gasteiger partial charge in [0.25, 0.3) is 11.6 Å². The number of unbranched alkanes of at least 4 members (excludes halogenated alkanes) is 1. The van der Waals surface area contributed by atoms with E-state index in [1.165, 1.54) is 0 Å². The molecule has 0 spiro atoms. The lowest BCUT2D eigenvalue weighted by atomic mass is 10.1. The van der Waals surface area contributed by atoms with Crippen molar-refractivity contribution >= 4 is 11.7 Å². The minimum absolute atomic E-state index is 0.0472. The number of hydrogen-bond acceptors (Lipinski definition) is 4. The van der Waals surface area contributed by atoms with Gasteiger partial charge in [0.2, 0.25) is 5.91 Å². The van der Waals surface area contributed by atoms with Gasteiger partial charge in [-0.05, 0) is 20.3 Å². The Labute approximate surface area is 131 Å². The molecule has 0 unspecified atom stereocenters. The van der Waals surface area contributed by atoms with Gasteiger partial charge < -0.3 is 5.32 Å². The SMILES string of the molecule is CCCCNC(=O)Cc1c(C)nc2nc(C(F)(F)F)nn2c1C. The number of carbonyl (C=O) groups excluding carboxylic acids is 1. The molecule has 0 saturated carbocycles. The number of nitrogens with zero attached hydrogens (tertiary/aromatic N) is 4. The molecule has 0 aliphatic carbocycles. The number of hydrogen-bond donors (Lipinski definition) is 1. The minimum Gasteiger partial charge on any atom is -0.356 e. The molecule has 1 amide bonds. The van der Waals surface area contributed by atoms with Gasteiger partial charge in [0.15, 0.2) is 0 Å². The van der Waals surface area contributed by atoms with Crippen molar-refractivity contribution in [1.29, 1.82) is 0 Å². The first-order chi connectivity index (χ1) is 10.7.